The lowest BCUT2D eigenvalue weighted by molar-refractivity contribution is 0.0726. The molecule has 7 heteroatoms. The molecule has 4 aromatic rings. The third kappa shape index (κ3) is 4.33. The lowest BCUT2D eigenvalue weighted by atomic mass is 10.0. The summed E-state index contributed by atoms with van der Waals surface area (Å²) in [6.45, 7) is 6.24. The number of halogens is 1. The maximum Gasteiger partial charge on any atom is 0.253 e. The van der Waals surface area contributed by atoms with Gasteiger partial charge in [-0.05, 0) is 54.3 Å². The fourth-order valence-electron chi connectivity index (χ4n) is 4.40. The van der Waals surface area contributed by atoms with Gasteiger partial charge in [0.1, 0.15) is 10.6 Å². The van der Waals surface area contributed by atoms with Crippen LogP contribution in [0, 0.1) is 0 Å². The van der Waals surface area contributed by atoms with Crippen LogP contribution in [0.3, 0.4) is 0 Å². The number of fused-ring (bicyclic) bond motifs is 1. The van der Waals surface area contributed by atoms with E-state index in [2.05, 4.69) is 46.9 Å². The molecule has 0 spiro atoms. The van der Waals surface area contributed by atoms with Gasteiger partial charge < -0.3 is 9.80 Å². The number of amides is 1. The molecule has 3 heterocycles. The molecular formula is C26H25ClN4OS. The van der Waals surface area contributed by atoms with Crippen molar-refractivity contribution in [1.82, 2.24) is 14.9 Å². The van der Waals surface area contributed by atoms with E-state index in [4.69, 9.17) is 11.6 Å². The zero-order valence-corrected chi connectivity index (χ0v) is 20.2. The largest absolute Gasteiger partial charge is 0.350 e. The molecule has 1 aliphatic rings. The Morgan fingerprint density at radius 3 is 2.48 bits per heavy atom. The van der Waals surface area contributed by atoms with E-state index in [1.807, 2.05) is 47.4 Å². The molecule has 1 fully saturated rings. The van der Waals surface area contributed by atoms with Gasteiger partial charge in [0.05, 0.1) is 5.39 Å². The Kier molecular flexibility index (Phi) is 6.04. The SMILES string of the molecule is CCc1cc2c(N3CCN(C(=O)c4ccc(-c5ccccc5)cc4)C[C@@H]3C)nc(Cl)nc2s1. The Morgan fingerprint density at radius 1 is 1.06 bits per heavy atom. The van der Waals surface area contributed by atoms with Gasteiger partial charge in [0, 0.05) is 36.1 Å². The number of piperazine rings is 1. The second kappa shape index (κ2) is 9.12. The number of thiophene rings is 1. The molecule has 168 valence electrons. The molecule has 0 saturated carbocycles. The number of rotatable bonds is 4. The van der Waals surface area contributed by atoms with Crippen LogP contribution in [0.5, 0.6) is 0 Å². The van der Waals surface area contributed by atoms with Crippen molar-refractivity contribution in [3.63, 3.8) is 0 Å². The van der Waals surface area contributed by atoms with Gasteiger partial charge in [-0.15, -0.1) is 11.3 Å². The van der Waals surface area contributed by atoms with Crippen molar-refractivity contribution in [2.75, 3.05) is 24.5 Å². The van der Waals surface area contributed by atoms with Crippen molar-refractivity contribution in [1.29, 1.82) is 0 Å². The first-order chi connectivity index (χ1) is 16.0. The number of hydrogen-bond donors (Lipinski definition) is 0. The number of aryl methyl sites for hydroxylation is 1. The maximum atomic E-state index is 13.2. The fourth-order valence-corrected chi connectivity index (χ4v) is 5.58. The van der Waals surface area contributed by atoms with Crippen LogP contribution in [0.15, 0.2) is 60.7 Å². The van der Waals surface area contributed by atoms with Gasteiger partial charge in [0.2, 0.25) is 5.28 Å². The minimum atomic E-state index is 0.0655. The summed E-state index contributed by atoms with van der Waals surface area (Å²) in [7, 11) is 0. The molecule has 0 aliphatic carbocycles. The van der Waals surface area contributed by atoms with Crippen molar-refractivity contribution in [3.05, 3.63) is 76.4 Å². The quantitative estimate of drug-likeness (QED) is 0.343. The zero-order valence-electron chi connectivity index (χ0n) is 18.7. The van der Waals surface area contributed by atoms with Crippen LogP contribution in [-0.2, 0) is 6.42 Å². The van der Waals surface area contributed by atoms with Crippen LogP contribution in [-0.4, -0.2) is 46.5 Å². The summed E-state index contributed by atoms with van der Waals surface area (Å²) in [5.74, 6) is 0.934. The zero-order chi connectivity index (χ0) is 22.9. The molecule has 1 aliphatic heterocycles. The highest BCUT2D eigenvalue weighted by Gasteiger charge is 2.30. The van der Waals surface area contributed by atoms with E-state index in [-0.39, 0.29) is 17.2 Å². The van der Waals surface area contributed by atoms with Gasteiger partial charge in [0.25, 0.3) is 5.91 Å². The summed E-state index contributed by atoms with van der Waals surface area (Å²) in [5.41, 5.74) is 2.97. The number of nitrogens with zero attached hydrogens (tertiary/aromatic N) is 4. The summed E-state index contributed by atoms with van der Waals surface area (Å²) in [4.78, 5) is 28.6. The summed E-state index contributed by atoms with van der Waals surface area (Å²) < 4.78 is 0. The predicted molar refractivity (Wildman–Crippen MR) is 136 cm³/mol. The van der Waals surface area contributed by atoms with Gasteiger partial charge in [-0.25, -0.2) is 4.98 Å². The average molecular weight is 477 g/mol. The Balaban J connectivity index is 1.33. The third-order valence-electron chi connectivity index (χ3n) is 6.17. The van der Waals surface area contributed by atoms with Gasteiger partial charge >= 0.3 is 0 Å². The smallest absolute Gasteiger partial charge is 0.253 e. The maximum absolute atomic E-state index is 13.2. The van der Waals surface area contributed by atoms with E-state index in [0.717, 1.165) is 33.6 Å². The molecule has 1 saturated heterocycles. The third-order valence-corrected chi connectivity index (χ3v) is 7.51. The first-order valence-corrected chi connectivity index (χ1v) is 12.4. The molecule has 1 amide bonds. The molecule has 0 bridgehead atoms. The van der Waals surface area contributed by atoms with Gasteiger partial charge in [-0.3, -0.25) is 4.79 Å². The van der Waals surface area contributed by atoms with Crippen LogP contribution >= 0.6 is 22.9 Å². The summed E-state index contributed by atoms with van der Waals surface area (Å²) >= 11 is 7.92. The molecule has 1 atom stereocenters. The van der Waals surface area contributed by atoms with Crippen LogP contribution in [0.4, 0.5) is 5.82 Å². The van der Waals surface area contributed by atoms with Crippen molar-refractivity contribution in [3.8, 4) is 11.1 Å². The molecule has 5 nitrogen and oxygen atoms in total. The van der Waals surface area contributed by atoms with E-state index in [1.165, 1.54) is 4.88 Å². The first kappa shape index (κ1) is 21.9. The second-order valence-electron chi connectivity index (χ2n) is 8.34. The van der Waals surface area contributed by atoms with Crippen molar-refractivity contribution in [2.45, 2.75) is 26.3 Å². The van der Waals surface area contributed by atoms with Crippen LogP contribution in [0.1, 0.15) is 29.1 Å². The normalized spacial score (nSPS) is 16.4. The number of hydrogen-bond acceptors (Lipinski definition) is 5. The monoisotopic (exact) mass is 476 g/mol. The number of anilines is 1. The second-order valence-corrected chi connectivity index (χ2v) is 9.79. The molecule has 0 radical (unpaired) electrons. The molecule has 2 aromatic carbocycles. The Morgan fingerprint density at radius 2 is 1.79 bits per heavy atom. The fraction of sp³-hybridized carbons (Fsp3) is 0.269. The highest BCUT2D eigenvalue weighted by Crippen LogP contribution is 2.34. The highest BCUT2D eigenvalue weighted by molar-refractivity contribution is 7.18. The molecule has 5 rings (SSSR count). The standard InChI is InChI=1S/C26H25ClN4OS/c1-3-21-15-22-23(28-26(27)29-24(22)33-21)31-14-13-30(16-17(31)2)25(32)20-11-9-19(10-12-20)18-7-5-4-6-8-18/h4-12,15,17H,3,13-14,16H2,1-2H3/t17-/m0/s1. The van der Waals surface area contributed by atoms with Gasteiger partial charge in [-0.1, -0.05) is 49.4 Å². The Bertz CT molecular complexity index is 1290. The van der Waals surface area contributed by atoms with E-state index in [0.29, 0.717) is 25.2 Å². The Hall–Kier alpha value is -2.96. The van der Waals surface area contributed by atoms with E-state index in [1.54, 1.807) is 11.3 Å². The van der Waals surface area contributed by atoms with Gasteiger partial charge in [-0.2, -0.15) is 4.98 Å². The van der Waals surface area contributed by atoms with E-state index >= 15 is 0 Å². The van der Waals surface area contributed by atoms with Crippen molar-refractivity contribution in [2.24, 2.45) is 0 Å². The summed E-state index contributed by atoms with van der Waals surface area (Å²) in [6, 6.07) is 20.4. The van der Waals surface area contributed by atoms with Crippen LogP contribution < -0.4 is 4.90 Å². The summed E-state index contributed by atoms with van der Waals surface area (Å²) in [6.07, 6.45) is 0.957. The predicted octanol–water partition coefficient (Wildman–Crippen LogP) is 5.93. The van der Waals surface area contributed by atoms with Crippen LogP contribution in [0.25, 0.3) is 21.3 Å². The molecule has 33 heavy (non-hydrogen) atoms. The molecule has 0 unspecified atom stereocenters. The van der Waals surface area contributed by atoms with Gasteiger partial charge in [0.15, 0.2) is 0 Å². The minimum Gasteiger partial charge on any atom is -0.350 e. The van der Waals surface area contributed by atoms with Crippen molar-refractivity contribution < 1.29 is 4.79 Å². The lowest BCUT2D eigenvalue weighted by Crippen LogP contribution is -2.54. The number of benzene rings is 2. The lowest BCUT2D eigenvalue weighted by Gasteiger charge is -2.40. The molecule has 0 N–H and O–H groups in total. The Labute approximate surface area is 202 Å². The number of carbonyl (C=O) groups is 1. The summed E-state index contributed by atoms with van der Waals surface area (Å²) in [5, 5.41) is 1.32. The topological polar surface area (TPSA) is 49.3 Å². The minimum absolute atomic E-state index is 0.0655. The number of aromatic nitrogens is 2. The highest BCUT2D eigenvalue weighted by atomic mass is 35.5. The number of carbonyl (C=O) groups excluding carboxylic acids is 1. The molecule has 2 aromatic heterocycles. The average Bonchev–Trinajstić information content (AvgIpc) is 3.27. The van der Waals surface area contributed by atoms with Crippen molar-refractivity contribution >= 4 is 44.9 Å². The first-order valence-electron chi connectivity index (χ1n) is 11.2. The molecular weight excluding hydrogens is 452 g/mol. The van der Waals surface area contributed by atoms with Crippen LogP contribution in [0.2, 0.25) is 5.28 Å². The van der Waals surface area contributed by atoms with E-state index in [9.17, 15) is 4.79 Å². The van der Waals surface area contributed by atoms with E-state index < -0.39 is 0 Å².